The van der Waals surface area contributed by atoms with Crippen LogP contribution in [0.3, 0.4) is 0 Å². The summed E-state index contributed by atoms with van der Waals surface area (Å²) in [5.41, 5.74) is 0. The summed E-state index contributed by atoms with van der Waals surface area (Å²) in [6, 6.07) is 8.34. The fraction of sp³-hybridized carbons (Fsp3) is 0.250. The number of carbonyl (C=O) groups is 1. The molecule has 0 amide bonds. The first-order chi connectivity index (χ1) is 8.60. The number of rotatable bonds is 6. The van der Waals surface area contributed by atoms with E-state index in [0.29, 0.717) is 4.90 Å². The summed E-state index contributed by atoms with van der Waals surface area (Å²) in [6.45, 7) is 0. The maximum absolute atomic E-state index is 12.1. The van der Waals surface area contributed by atoms with E-state index >= 15 is 0 Å². The highest BCUT2D eigenvalue weighted by molar-refractivity contribution is 7.96. The molecule has 0 saturated heterocycles. The van der Waals surface area contributed by atoms with Gasteiger partial charge in [-0.2, -0.15) is 0 Å². The third-order valence-corrected chi connectivity index (χ3v) is 3.53. The molecule has 0 radical (unpaired) electrons. The Hall–Kier alpha value is -1.34. The Bertz CT molecular complexity index is 414. The quantitative estimate of drug-likeness (QED) is 0.480. The van der Waals surface area contributed by atoms with Crippen molar-refractivity contribution in [2.24, 2.45) is 0 Å². The predicted molar refractivity (Wildman–Crippen MR) is 66.4 cm³/mol. The SMILES string of the molecule is COC(/C=C(/C(=O)O)[S+]([O-])c1ccccc1)OC. The number of benzene rings is 1. The van der Waals surface area contributed by atoms with Crippen molar-refractivity contribution >= 4 is 17.1 Å². The molecule has 1 N–H and O–H groups in total. The Labute approximate surface area is 108 Å². The van der Waals surface area contributed by atoms with Gasteiger partial charge in [0.05, 0.1) is 0 Å². The molecule has 1 aromatic carbocycles. The summed E-state index contributed by atoms with van der Waals surface area (Å²) in [6.07, 6.45) is 0.342. The first-order valence-corrected chi connectivity index (χ1v) is 6.22. The van der Waals surface area contributed by atoms with E-state index in [1.807, 2.05) is 0 Å². The molecule has 18 heavy (non-hydrogen) atoms. The zero-order valence-corrected chi connectivity index (χ0v) is 10.8. The number of carboxylic acid groups (broad SMARTS) is 1. The van der Waals surface area contributed by atoms with E-state index < -0.39 is 23.4 Å². The van der Waals surface area contributed by atoms with Crippen LogP contribution >= 0.6 is 0 Å². The van der Waals surface area contributed by atoms with Crippen LogP contribution in [0.15, 0.2) is 46.2 Å². The molecule has 0 fully saturated rings. The maximum Gasteiger partial charge on any atom is 0.384 e. The lowest BCUT2D eigenvalue weighted by Gasteiger charge is -2.13. The van der Waals surface area contributed by atoms with Crippen molar-refractivity contribution in [3.63, 3.8) is 0 Å². The molecule has 0 saturated carbocycles. The number of methoxy groups -OCH3 is 2. The summed E-state index contributed by atoms with van der Waals surface area (Å²) >= 11 is -1.77. The van der Waals surface area contributed by atoms with E-state index in [-0.39, 0.29) is 4.91 Å². The molecule has 98 valence electrons. The summed E-state index contributed by atoms with van der Waals surface area (Å²) in [5.74, 6) is -1.27. The van der Waals surface area contributed by atoms with Gasteiger partial charge < -0.3 is 19.1 Å². The Morgan fingerprint density at radius 1 is 1.33 bits per heavy atom. The van der Waals surface area contributed by atoms with Crippen LogP contribution in [0.2, 0.25) is 0 Å². The van der Waals surface area contributed by atoms with Gasteiger partial charge in [-0.05, 0) is 12.1 Å². The lowest BCUT2D eigenvalue weighted by Crippen LogP contribution is -2.18. The largest absolute Gasteiger partial charge is 0.606 e. The number of ether oxygens (including phenoxy) is 2. The first kappa shape index (κ1) is 14.7. The normalized spacial score (nSPS) is 13.7. The molecule has 1 unspecified atom stereocenters. The number of aliphatic carboxylic acids is 1. The fourth-order valence-corrected chi connectivity index (χ4v) is 2.29. The molecule has 1 aromatic rings. The molecule has 0 spiro atoms. The third kappa shape index (κ3) is 3.85. The summed E-state index contributed by atoms with van der Waals surface area (Å²) in [7, 11) is 2.74. The van der Waals surface area contributed by atoms with Gasteiger partial charge in [-0.1, -0.05) is 18.2 Å². The van der Waals surface area contributed by atoms with Gasteiger partial charge in [0, 0.05) is 31.5 Å². The lowest BCUT2D eigenvalue weighted by molar-refractivity contribution is -0.132. The summed E-state index contributed by atoms with van der Waals surface area (Å²) in [5, 5.41) is 9.07. The van der Waals surface area contributed by atoms with Crippen LogP contribution in [-0.4, -0.2) is 36.1 Å². The van der Waals surface area contributed by atoms with Gasteiger partial charge in [-0.15, -0.1) is 0 Å². The van der Waals surface area contributed by atoms with Gasteiger partial charge in [0.15, 0.2) is 11.2 Å². The number of hydrogen-bond donors (Lipinski definition) is 1. The van der Waals surface area contributed by atoms with Gasteiger partial charge in [0.2, 0.25) is 4.91 Å². The Morgan fingerprint density at radius 3 is 2.33 bits per heavy atom. The lowest BCUT2D eigenvalue weighted by atomic mass is 10.4. The monoisotopic (exact) mass is 270 g/mol. The van der Waals surface area contributed by atoms with Crippen LogP contribution in [0.5, 0.6) is 0 Å². The second kappa shape index (κ2) is 7.17. The van der Waals surface area contributed by atoms with E-state index in [0.717, 1.165) is 0 Å². The minimum absolute atomic E-state index is 0.269. The van der Waals surface area contributed by atoms with Crippen molar-refractivity contribution < 1.29 is 23.9 Å². The molecule has 0 bridgehead atoms. The van der Waals surface area contributed by atoms with Crippen molar-refractivity contribution in [2.45, 2.75) is 11.2 Å². The van der Waals surface area contributed by atoms with Crippen LogP contribution in [0.4, 0.5) is 0 Å². The first-order valence-electron chi connectivity index (χ1n) is 5.07. The zero-order valence-electron chi connectivity index (χ0n) is 10.0. The highest BCUT2D eigenvalue weighted by Crippen LogP contribution is 2.20. The van der Waals surface area contributed by atoms with Gasteiger partial charge in [0.25, 0.3) is 0 Å². The van der Waals surface area contributed by atoms with E-state index in [4.69, 9.17) is 14.6 Å². The van der Waals surface area contributed by atoms with Crippen molar-refractivity contribution in [3.8, 4) is 0 Å². The highest BCUT2D eigenvalue weighted by Gasteiger charge is 2.26. The molecular weight excluding hydrogens is 256 g/mol. The van der Waals surface area contributed by atoms with Gasteiger partial charge in [-0.3, -0.25) is 0 Å². The van der Waals surface area contributed by atoms with Gasteiger partial charge in [-0.25, -0.2) is 4.79 Å². The molecule has 0 aliphatic rings. The van der Waals surface area contributed by atoms with Crippen molar-refractivity contribution in [1.82, 2.24) is 0 Å². The van der Waals surface area contributed by atoms with Crippen LogP contribution in [-0.2, 0) is 25.4 Å². The van der Waals surface area contributed by atoms with E-state index in [1.165, 1.54) is 20.3 Å². The molecule has 1 rings (SSSR count). The smallest absolute Gasteiger partial charge is 0.384 e. The minimum Gasteiger partial charge on any atom is -0.606 e. The second-order valence-corrected chi connectivity index (χ2v) is 4.71. The van der Waals surface area contributed by atoms with Crippen LogP contribution in [0.1, 0.15) is 0 Å². The molecule has 0 heterocycles. The molecule has 5 nitrogen and oxygen atoms in total. The van der Waals surface area contributed by atoms with E-state index in [2.05, 4.69) is 0 Å². The van der Waals surface area contributed by atoms with Crippen molar-refractivity contribution in [1.29, 1.82) is 0 Å². The standard InChI is InChI=1S/C12H14O5S/c1-16-11(17-2)8-10(12(13)14)18(15)9-6-4-3-5-7-9/h3-8,11H,1-2H3,(H,13,14)/b10-8-. The molecule has 1 atom stereocenters. The minimum atomic E-state index is -1.77. The zero-order chi connectivity index (χ0) is 13.5. The summed E-state index contributed by atoms with van der Waals surface area (Å²) < 4.78 is 21.8. The second-order valence-electron chi connectivity index (χ2n) is 3.26. The molecule has 0 aromatic heterocycles. The number of carboxylic acids is 1. The third-order valence-electron chi connectivity index (χ3n) is 2.12. The Balaban J connectivity index is 3.02. The van der Waals surface area contributed by atoms with E-state index in [9.17, 15) is 9.35 Å². The topological polar surface area (TPSA) is 78.8 Å². The van der Waals surface area contributed by atoms with Gasteiger partial charge >= 0.3 is 5.97 Å². The van der Waals surface area contributed by atoms with Crippen LogP contribution in [0.25, 0.3) is 0 Å². The maximum atomic E-state index is 12.1. The molecular formula is C12H14O5S. The predicted octanol–water partition coefficient (Wildman–Crippen LogP) is 1.38. The molecule has 0 aliphatic carbocycles. The van der Waals surface area contributed by atoms with Gasteiger partial charge in [0.1, 0.15) is 0 Å². The highest BCUT2D eigenvalue weighted by atomic mass is 32.2. The van der Waals surface area contributed by atoms with Crippen molar-refractivity contribution in [3.05, 3.63) is 41.3 Å². The molecule has 0 aliphatic heterocycles. The average Bonchev–Trinajstić information content (AvgIpc) is 2.40. The summed E-state index contributed by atoms with van der Waals surface area (Å²) in [4.78, 5) is 11.3. The Morgan fingerprint density at radius 2 is 1.89 bits per heavy atom. The molecule has 6 heteroatoms. The van der Waals surface area contributed by atoms with Crippen molar-refractivity contribution in [2.75, 3.05) is 14.2 Å². The van der Waals surface area contributed by atoms with Crippen LogP contribution < -0.4 is 0 Å². The van der Waals surface area contributed by atoms with E-state index in [1.54, 1.807) is 30.3 Å². The Kier molecular flexibility index (Phi) is 5.87. The number of hydrogen-bond acceptors (Lipinski definition) is 4. The average molecular weight is 270 g/mol. The fourth-order valence-electron chi connectivity index (χ4n) is 1.24. The van der Waals surface area contributed by atoms with Crippen LogP contribution in [0, 0.1) is 0 Å².